The van der Waals surface area contributed by atoms with Crippen LogP contribution in [0.3, 0.4) is 0 Å². The van der Waals surface area contributed by atoms with E-state index in [1.165, 1.54) is 12.1 Å². The quantitative estimate of drug-likeness (QED) is 0.867. The lowest BCUT2D eigenvalue weighted by atomic mass is 9.95. The zero-order valence-electron chi connectivity index (χ0n) is 12.2. The lowest BCUT2D eigenvalue weighted by molar-refractivity contribution is 0.188. The predicted molar refractivity (Wildman–Crippen MR) is 77.7 cm³/mol. The van der Waals surface area contributed by atoms with Gasteiger partial charge in [-0.2, -0.15) is 0 Å². The summed E-state index contributed by atoms with van der Waals surface area (Å²) >= 11 is 0. The van der Waals surface area contributed by atoms with E-state index in [4.69, 9.17) is 5.11 Å². The number of sulfonamides is 1. The number of nitrogens with zero attached hydrogens (tertiary/aromatic N) is 1. The van der Waals surface area contributed by atoms with Crippen molar-refractivity contribution in [3.05, 3.63) is 29.6 Å². The molecule has 7 heteroatoms. The highest BCUT2D eigenvalue weighted by molar-refractivity contribution is 7.89. The van der Waals surface area contributed by atoms with Crippen LogP contribution >= 0.6 is 0 Å². The van der Waals surface area contributed by atoms with Gasteiger partial charge >= 0.3 is 0 Å². The molecule has 1 saturated heterocycles. The van der Waals surface area contributed by atoms with Gasteiger partial charge in [-0.1, -0.05) is 6.92 Å². The third-order valence-electron chi connectivity index (χ3n) is 3.91. The average molecular weight is 316 g/mol. The third-order valence-corrected chi connectivity index (χ3v) is 5.40. The first kappa shape index (κ1) is 16.4. The molecule has 0 amide bonds. The summed E-state index contributed by atoms with van der Waals surface area (Å²) in [5.74, 6) is -0.402. The first-order valence-electron chi connectivity index (χ1n) is 6.93. The second-order valence-electron chi connectivity index (χ2n) is 5.67. The number of aliphatic hydroxyl groups excluding tert-OH is 1. The standard InChI is InChI=1S/C14H21FN2O3S/c1-10-8-17(2)6-5-14(10)16-21(19,20)12-3-4-13(15)11(7-12)9-18/h3-4,7,10,14,16,18H,5-6,8-9H2,1-2H3. The molecular weight excluding hydrogens is 295 g/mol. The average Bonchev–Trinajstić information content (AvgIpc) is 2.42. The van der Waals surface area contributed by atoms with Crippen molar-refractivity contribution in [2.75, 3.05) is 20.1 Å². The molecule has 1 aromatic rings. The van der Waals surface area contributed by atoms with Crippen molar-refractivity contribution in [3.8, 4) is 0 Å². The molecule has 1 fully saturated rings. The molecule has 0 aliphatic carbocycles. The van der Waals surface area contributed by atoms with Gasteiger partial charge in [0.05, 0.1) is 11.5 Å². The van der Waals surface area contributed by atoms with E-state index in [9.17, 15) is 12.8 Å². The molecule has 2 rings (SSSR count). The van der Waals surface area contributed by atoms with Gasteiger partial charge in [0.25, 0.3) is 0 Å². The van der Waals surface area contributed by atoms with Gasteiger partial charge in [0.15, 0.2) is 0 Å². The Labute approximate surface area is 124 Å². The number of hydrogen-bond acceptors (Lipinski definition) is 4. The molecule has 0 spiro atoms. The van der Waals surface area contributed by atoms with Gasteiger partial charge in [0.2, 0.25) is 10.0 Å². The maximum absolute atomic E-state index is 13.3. The molecule has 1 heterocycles. The Kier molecular flexibility index (Phi) is 4.98. The second-order valence-corrected chi connectivity index (χ2v) is 7.38. The minimum absolute atomic E-state index is 0.0147. The van der Waals surface area contributed by atoms with Crippen LogP contribution in [0.2, 0.25) is 0 Å². The summed E-state index contributed by atoms with van der Waals surface area (Å²) in [4.78, 5) is 2.15. The molecule has 1 aliphatic heterocycles. The summed E-state index contributed by atoms with van der Waals surface area (Å²) in [5.41, 5.74) is -0.0192. The summed E-state index contributed by atoms with van der Waals surface area (Å²) in [6.45, 7) is 3.15. The SMILES string of the molecule is CC1CN(C)CCC1NS(=O)(=O)c1ccc(F)c(CO)c1. The van der Waals surface area contributed by atoms with E-state index in [0.29, 0.717) is 0 Å². The number of aliphatic hydroxyl groups is 1. The van der Waals surface area contributed by atoms with Crippen molar-refractivity contribution in [2.45, 2.75) is 30.9 Å². The first-order chi connectivity index (χ1) is 9.83. The van der Waals surface area contributed by atoms with Crippen LogP contribution < -0.4 is 4.72 Å². The first-order valence-corrected chi connectivity index (χ1v) is 8.42. The van der Waals surface area contributed by atoms with Gasteiger partial charge in [-0.25, -0.2) is 17.5 Å². The predicted octanol–water partition coefficient (Wildman–Crippen LogP) is 0.936. The van der Waals surface area contributed by atoms with Gasteiger partial charge in [0.1, 0.15) is 5.82 Å². The maximum Gasteiger partial charge on any atom is 0.240 e. The van der Waals surface area contributed by atoms with Crippen molar-refractivity contribution >= 4 is 10.0 Å². The van der Waals surface area contributed by atoms with Crippen LogP contribution in [0, 0.1) is 11.7 Å². The Morgan fingerprint density at radius 3 is 2.81 bits per heavy atom. The third kappa shape index (κ3) is 3.79. The van der Waals surface area contributed by atoms with Crippen LogP contribution in [0.15, 0.2) is 23.1 Å². The molecule has 2 N–H and O–H groups in total. The topological polar surface area (TPSA) is 69.6 Å². The van der Waals surface area contributed by atoms with Gasteiger partial charge < -0.3 is 10.0 Å². The zero-order valence-corrected chi connectivity index (χ0v) is 13.0. The number of piperidine rings is 1. The fraction of sp³-hybridized carbons (Fsp3) is 0.571. The van der Waals surface area contributed by atoms with E-state index in [-0.39, 0.29) is 22.4 Å². The van der Waals surface area contributed by atoms with Crippen molar-refractivity contribution in [3.63, 3.8) is 0 Å². The number of nitrogens with one attached hydrogen (secondary N) is 1. The molecule has 0 aromatic heterocycles. The fourth-order valence-electron chi connectivity index (χ4n) is 2.64. The van der Waals surface area contributed by atoms with Crippen LogP contribution in [0.1, 0.15) is 18.9 Å². The van der Waals surface area contributed by atoms with E-state index in [0.717, 1.165) is 25.6 Å². The molecule has 2 atom stereocenters. The Balaban J connectivity index is 2.18. The Bertz CT molecular complexity index is 606. The monoisotopic (exact) mass is 316 g/mol. The van der Waals surface area contributed by atoms with Crippen LogP contribution in [0.5, 0.6) is 0 Å². The van der Waals surface area contributed by atoms with Crippen LogP contribution in [0.4, 0.5) is 4.39 Å². The normalized spacial score (nSPS) is 24.2. The van der Waals surface area contributed by atoms with Gasteiger partial charge in [-0.3, -0.25) is 0 Å². The second kappa shape index (κ2) is 6.39. The smallest absolute Gasteiger partial charge is 0.240 e. The molecule has 0 saturated carbocycles. The van der Waals surface area contributed by atoms with Gasteiger partial charge in [-0.15, -0.1) is 0 Å². The van der Waals surface area contributed by atoms with E-state index in [1.54, 1.807) is 0 Å². The van der Waals surface area contributed by atoms with Crippen LogP contribution in [-0.2, 0) is 16.6 Å². The van der Waals surface area contributed by atoms with Crippen LogP contribution in [0.25, 0.3) is 0 Å². The number of benzene rings is 1. The van der Waals surface area contributed by atoms with E-state index in [1.807, 2.05) is 14.0 Å². The highest BCUT2D eigenvalue weighted by atomic mass is 32.2. The van der Waals surface area contributed by atoms with Crippen molar-refractivity contribution in [1.82, 2.24) is 9.62 Å². The molecule has 1 aromatic carbocycles. The van der Waals surface area contributed by atoms with E-state index < -0.39 is 22.4 Å². The summed E-state index contributed by atoms with van der Waals surface area (Å²) in [6.07, 6.45) is 0.741. The molecular formula is C14H21FN2O3S. The number of halogens is 1. The minimum Gasteiger partial charge on any atom is -0.392 e. The summed E-state index contributed by atoms with van der Waals surface area (Å²) in [6, 6.07) is 3.33. The van der Waals surface area contributed by atoms with E-state index >= 15 is 0 Å². The van der Waals surface area contributed by atoms with Crippen molar-refractivity contribution in [1.29, 1.82) is 0 Å². The lowest BCUT2D eigenvalue weighted by Crippen LogP contribution is -2.48. The maximum atomic E-state index is 13.3. The van der Waals surface area contributed by atoms with Gasteiger partial charge in [0, 0.05) is 18.2 Å². The Morgan fingerprint density at radius 2 is 2.19 bits per heavy atom. The highest BCUT2D eigenvalue weighted by Crippen LogP contribution is 2.20. The number of rotatable bonds is 4. The summed E-state index contributed by atoms with van der Waals surface area (Å²) < 4.78 is 40.8. The van der Waals surface area contributed by atoms with Gasteiger partial charge in [-0.05, 0) is 44.1 Å². The van der Waals surface area contributed by atoms with Crippen LogP contribution in [-0.4, -0.2) is 44.6 Å². The molecule has 118 valence electrons. The molecule has 1 aliphatic rings. The minimum atomic E-state index is -3.71. The lowest BCUT2D eigenvalue weighted by Gasteiger charge is -2.34. The summed E-state index contributed by atoms with van der Waals surface area (Å²) in [5, 5.41) is 9.04. The van der Waals surface area contributed by atoms with Crippen molar-refractivity contribution in [2.24, 2.45) is 5.92 Å². The molecule has 21 heavy (non-hydrogen) atoms. The molecule has 0 radical (unpaired) electrons. The largest absolute Gasteiger partial charge is 0.392 e. The van der Waals surface area contributed by atoms with Crippen molar-refractivity contribution < 1.29 is 17.9 Å². The zero-order chi connectivity index (χ0) is 15.6. The Hall–Kier alpha value is -1.02. The number of likely N-dealkylation sites (tertiary alicyclic amines) is 1. The molecule has 2 unspecified atom stereocenters. The number of hydrogen-bond donors (Lipinski definition) is 2. The van der Waals surface area contributed by atoms with E-state index in [2.05, 4.69) is 9.62 Å². The highest BCUT2D eigenvalue weighted by Gasteiger charge is 2.28. The summed E-state index contributed by atoms with van der Waals surface area (Å²) in [7, 11) is -1.70. The Morgan fingerprint density at radius 1 is 1.48 bits per heavy atom. The molecule has 0 bridgehead atoms. The molecule has 5 nitrogen and oxygen atoms in total. The fourth-order valence-corrected chi connectivity index (χ4v) is 4.07.